The van der Waals surface area contributed by atoms with Gasteiger partial charge in [0.25, 0.3) is 5.91 Å². The van der Waals surface area contributed by atoms with Gasteiger partial charge in [0.2, 0.25) is 11.8 Å². The second kappa shape index (κ2) is 14.5. The Hall–Kier alpha value is -4.21. The van der Waals surface area contributed by atoms with Crippen molar-refractivity contribution in [3.05, 3.63) is 77.4 Å². The van der Waals surface area contributed by atoms with Gasteiger partial charge in [-0.25, -0.2) is 9.67 Å². The molecule has 234 valence electrons. The summed E-state index contributed by atoms with van der Waals surface area (Å²) in [5.41, 5.74) is 2.73. The Bertz CT molecular complexity index is 1410. The Balaban J connectivity index is 1.39. The average Bonchev–Trinajstić information content (AvgIpc) is 3.40. The fourth-order valence-corrected chi connectivity index (χ4v) is 6.09. The van der Waals surface area contributed by atoms with E-state index >= 15 is 0 Å². The fraction of sp³-hybridized carbons (Fsp3) is 0.500. The van der Waals surface area contributed by atoms with Gasteiger partial charge in [0.15, 0.2) is 0 Å². The number of aryl methyl sites for hydroxylation is 1. The highest BCUT2D eigenvalue weighted by atomic mass is 16.2. The van der Waals surface area contributed by atoms with Gasteiger partial charge in [-0.1, -0.05) is 44.2 Å². The number of nitrogens with one attached hydrogen (secondary N) is 2. The van der Waals surface area contributed by atoms with E-state index in [2.05, 4.69) is 20.6 Å². The lowest BCUT2D eigenvalue weighted by Crippen LogP contribution is -2.50. The van der Waals surface area contributed by atoms with Gasteiger partial charge < -0.3 is 20.4 Å². The summed E-state index contributed by atoms with van der Waals surface area (Å²) in [6.45, 7) is 9.21. The van der Waals surface area contributed by atoms with Crippen LogP contribution >= 0.6 is 0 Å². The fourth-order valence-electron chi connectivity index (χ4n) is 6.09. The summed E-state index contributed by atoms with van der Waals surface area (Å²) in [5.74, 6) is 0.720. The summed E-state index contributed by atoms with van der Waals surface area (Å²) in [5, 5.41) is 10.8. The molecule has 1 aromatic heterocycles. The van der Waals surface area contributed by atoms with E-state index in [0.717, 1.165) is 24.3 Å². The van der Waals surface area contributed by atoms with Crippen molar-refractivity contribution in [1.82, 2.24) is 30.3 Å². The van der Waals surface area contributed by atoms with Crippen LogP contribution in [0.4, 0.5) is 5.69 Å². The molecule has 3 amide bonds. The first-order chi connectivity index (χ1) is 21.3. The minimum absolute atomic E-state index is 0.0124. The van der Waals surface area contributed by atoms with E-state index in [1.807, 2.05) is 80.1 Å². The highest BCUT2D eigenvalue weighted by Crippen LogP contribution is 2.23. The van der Waals surface area contributed by atoms with Crippen molar-refractivity contribution in [2.75, 3.05) is 31.1 Å². The molecule has 0 bridgehead atoms. The van der Waals surface area contributed by atoms with E-state index in [0.29, 0.717) is 49.7 Å². The molecule has 0 spiro atoms. The van der Waals surface area contributed by atoms with E-state index in [4.69, 9.17) is 4.98 Å². The second-order valence-electron chi connectivity index (χ2n) is 12.3. The molecule has 0 unspecified atom stereocenters. The largest absolute Gasteiger partial charge is 0.372 e. The van der Waals surface area contributed by atoms with Crippen molar-refractivity contribution in [2.24, 2.45) is 5.92 Å². The third-order valence-corrected chi connectivity index (χ3v) is 8.52. The van der Waals surface area contributed by atoms with Gasteiger partial charge in [-0.05, 0) is 68.4 Å². The van der Waals surface area contributed by atoms with Crippen LogP contribution in [0, 0.1) is 12.8 Å². The molecule has 0 aliphatic carbocycles. The Kier molecular flexibility index (Phi) is 10.3. The number of benzene rings is 2. The molecule has 5 rings (SSSR count). The molecule has 10 nitrogen and oxygen atoms in total. The number of hydrogen-bond acceptors (Lipinski definition) is 6. The molecule has 3 aromatic rings. The lowest BCUT2D eigenvalue weighted by molar-refractivity contribution is -0.129. The van der Waals surface area contributed by atoms with Crippen LogP contribution < -0.4 is 15.5 Å². The second-order valence-corrected chi connectivity index (χ2v) is 12.3. The van der Waals surface area contributed by atoms with Crippen LogP contribution in [-0.4, -0.2) is 69.6 Å². The summed E-state index contributed by atoms with van der Waals surface area (Å²) < 4.78 is 1.82. The van der Waals surface area contributed by atoms with Crippen molar-refractivity contribution in [2.45, 2.75) is 77.9 Å². The Morgan fingerprint density at radius 3 is 2.32 bits per heavy atom. The van der Waals surface area contributed by atoms with Crippen molar-refractivity contribution in [1.29, 1.82) is 0 Å². The topological polar surface area (TPSA) is 112 Å². The van der Waals surface area contributed by atoms with Gasteiger partial charge in [-0.3, -0.25) is 14.4 Å². The highest BCUT2D eigenvalue weighted by molar-refractivity contribution is 5.94. The zero-order valence-electron chi connectivity index (χ0n) is 26.2. The van der Waals surface area contributed by atoms with Gasteiger partial charge in [-0.15, -0.1) is 0 Å². The molecule has 1 saturated heterocycles. The lowest BCUT2D eigenvalue weighted by Gasteiger charge is -2.29. The molecule has 0 saturated carbocycles. The maximum absolute atomic E-state index is 13.8. The number of rotatable bonds is 5. The first kappa shape index (κ1) is 31.2. The van der Waals surface area contributed by atoms with Crippen LogP contribution in [-0.2, 0) is 22.6 Å². The van der Waals surface area contributed by atoms with Crippen LogP contribution in [0.3, 0.4) is 0 Å². The van der Waals surface area contributed by atoms with Crippen molar-refractivity contribution in [3.63, 3.8) is 0 Å². The SMILES string of the molecule is Cc1nc2n(n1)CCN(C(=O)c1ccc(N3CCCCC3)cc1)CCCC(=O)N[C@@H](Cc1ccccc1)C(=O)N[C@@H]2C(C)C. The summed E-state index contributed by atoms with van der Waals surface area (Å²) in [6.07, 6.45) is 4.71. The van der Waals surface area contributed by atoms with Crippen LogP contribution in [0.5, 0.6) is 0 Å². The molecular formula is C34H45N7O3. The van der Waals surface area contributed by atoms with Crippen molar-refractivity contribution < 1.29 is 14.4 Å². The summed E-state index contributed by atoms with van der Waals surface area (Å²) in [6, 6.07) is 16.4. The van der Waals surface area contributed by atoms with Crippen LogP contribution in [0.1, 0.15) is 79.6 Å². The molecule has 44 heavy (non-hydrogen) atoms. The van der Waals surface area contributed by atoms with E-state index in [1.165, 1.54) is 19.3 Å². The Morgan fingerprint density at radius 1 is 0.886 bits per heavy atom. The van der Waals surface area contributed by atoms with Gasteiger partial charge >= 0.3 is 0 Å². The molecule has 1 fully saturated rings. The minimum Gasteiger partial charge on any atom is -0.372 e. The maximum atomic E-state index is 13.8. The molecule has 3 heterocycles. The van der Waals surface area contributed by atoms with Gasteiger partial charge in [0, 0.05) is 50.3 Å². The van der Waals surface area contributed by atoms with E-state index in [1.54, 1.807) is 4.90 Å². The molecule has 2 N–H and O–H groups in total. The predicted molar refractivity (Wildman–Crippen MR) is 170 cm³/mol. The highest BCUT2D eigenvalue weighted by Gasteiger charge is 2.30. The minimum atomic E-state index is -0.747. The molecule has 2 aliphatic heterocycles. The van der Waals surface area contributed by atoms with Crippen molar-refractivity contribution in [3.8, 4) is 0 Å². The monoisotopic (exact) mass is 599 g/mol. The lowest BCUT2D eigenvalue weighted by atomic mass is 10.0. The predicted octanol–water partition coefficient (Wildman–Crippen LogP) is 4.05. The van der Waals surface area contributed by atoms with E-state index in [9.17, 15) is 14.4 Å². The zero-order chi connectivity index (χ0) is 31.1. The summed E-state index contributed by atoms with van der Waals surface area (Å²) >= 11 is 0. The Morgan fingerprint density at radius 2 is 1.61 bits per heavy atom. The van der Waals surface area contributed by atoms with E-state index < -0.39 is 12.1 Å². The first-order valence-electron chi connectivity index (χ1n) is 16.0. The number of nitrogens with zero attached hydrogens (tertiary/aromatic N) is 5. The number of aromatic nitrogens is 3. The maximum Gasteiger partial charge on any atom is 0.253 e. The number of hydrogen-bond donors (Lipinski definition) is 2. The van der Waals surface area contributed by atoms with Gasteiger partial charge in [-0.2, -0.15) is 5.10 Å². The zero-order valence-corrected chi connectivity index (χ0v) is 26.2. The molecule has 2 aromatic carbocycles. The number of fused-ring (bicyclic) bond motifs is 1. The summed E-state index contributed by atoms with van der Waals surface area (Å²) in [4.78, 5) is 49.5. The number of amides is 3. The standard InChI is InChI=1S/C34H45N7O3/c1-24(2)31-32-35-25(3)38-41(32)22-21-40(34(44)27-14-16-28(17-15-27)39-18-8-5-9-19-39)20-10-13-30(42)36-29(33(43)37-31)23-26-11-6-4-7-12-26/h4,6-7,11-12,14-17,24,29,31H,5,8-10,13,18-23H2,1-3H3,(H,36,42)(H,37,43)/t29-,31+/m0/s1. The molecular weight excluding hydrogens is 554 g/mol. The van der Waals surface area contributed by atoms with Crippen LogP contribution in [0.25, 0.3) is 0 Å². The number of piperidine rings is 1. The molecule has 0 radical (unpaired) electrons. The van der Waals surface area contributed by atoms with Gasteiger partial charge in [0.1, 0.15) is 17.7 Å². The summed E-state index contributed by atoms with van der Waals surface area (Å²) in [7, 11) is 0. The third-order valence-electron chi connectivity index (χ3n) is 8.52. The molecule has 10 heteroatoms. The van der Waals surface area contributed by atoms with Crippen LogP contribution in [0.2, 0.25) is 0 Å². The van der Waals surface area contributed by atoms with E-state index in [-0.39, 0.29) is 30.1 Å². The smallest absolute Gasteiger partial charge is 0.253 e. The number of carbonyl (C=O) groups is 3. The van der Waals surface area contributed by atoms with Crippen molar-refractivity contribution >= 4 is 23.4 Å². The van der Waals surface area contributed by atoms with Crippen LogP contribution in [0.15, 0.2) is 54.6 Å². The number of anilines is 1. The number of carbonyl (C=O) groups excluding carboxylic acids is 3. The molecule has 2 aliphatic rings. The third kappa shape index (κ3) is 7.84. The molecule has 2 atom stereocenters. The first-order valence-corrected chi connectivity index (χ1v) is 16.0. The van der Waals surface area contributed by atoms with Gasteiger partial charge in [0.05, 0.1) is 12.6 Å². The average molecular weight is 600 g/mol. The Labute approximate surface area is 260 Å². The normalized spacial score (nSPS) is 20.5. The quantitative estimate of drug-likeness (QED) is 0.458.